The number of ether oxygens (including phenoxy) is 3. The maximum Gasteiger partial charge on any atom is 0.340 e. The number of carbonyl (C=O) groups excluding carboxylic acids is 2. The van der Waals surface area contributed by atoms with Gasteiger partial charge in [0.25, 0.3) is 0 Å². The second-order valence-electron chi connectivity index (χ2n) is 14.1. The minimum Gasteiger partial charge on any atom is -0.508 e. The van der Waals surface area contributed by atoms with Gasteiger partial charge in [-0.1, -0.05) is 36.4 Å². The van der Waals surface area contributed by atoms with Crippen molar-refractivity contribution in [2.75, 3.05) is 25.0 Å². The highest BCUT2D eigenvalue weighted by atomic mass is 35.5. The van der Waals surface area contributed by atoms with E-state index in [4.69, 9.17) is 18.6 Å². The minimum atomic E-state index is -1.17. The van der Waals surface area contributed by atoms with Gasteiger partial charge in [0.1, 0.15) is 34.3 Å². The molecule has 3 aliphatic heterocycles. The molecular formula is C48H43ClN2O8. The van der Waals surface area contributed by atoms with Gasteiger partial charge in [-0.05, 0) is 99.8 Å². The van der Waals surface area contributed by atoms with Crippen LogP contribution in [0.4, 0.5) is 5.69 Å². The monoisotopic (exact) mass is 810 g/mol. The molecule has 59 heavy (non-hydrogen) atoms. The molecule has 300 valence electrons. The summed E-state index contributed by atoms with van der Waals surface area (Å²) in [5, 5.41) is 24.9. The normalized spacial score (nSPS) is 13.3. The van der Waals surface area contributed by atoms with E-state index in [1.54, 1.807) is 24.3 Å². The summed E-state index contributed by atoms with van der Waals surface area (Å²) in [6.45, 7) is 11.9. The molecule has 0 aromatic heterocycles. The van der Waals surface area contributed by atoms with E-state index < -0.39 is 11.6 Å². The maximum atomic E-state index is 12.9. The number of hydrogen-bond acceptors (Lipinski definition) is 10. The second kappa shape index (κ2) is 16.2. The number of anilines is 1. The van der Waals surface area contributed by atoms with Crippen LogP contribution < -0.4 is 15.4 Å². The van der Waals surface area contributed by atoms with Crippen molar-refractivity contribution in [2.24, 2.45) is 4.99 Å². The summed E-state index contributed by atoms with van der Waals surface area (Å²) < 4.78 is 23.6. The third kappa shape index (κ3) is 6.99. The highest BCUT2D eigenvalue weighted by molar-refractivity contribution is 6.08. The first kappa shape index (κ1) is 40.4. The molecule has 0 amide bonds. The summed E-state index contributed by atoms with van der Waals surface area (Å²) in [6.07, 6.45) is 0. The topological polar surface area (TPSA) is 140 Å². The Morgan fingerprint density at radius 2 is 1.42 bits per heavy atom. The molecule has 11 heteroatoms. The number of aryl methyl sites for hydroxylation is 2. The van der Waals surface area contributed by atoms with Crippen LogP contribution >= 0.6 is 12.4 Å². The fourth-order valence-electron chi connectivity index (χ4n) is 7.94. The first-order chi connectivity index (χ1) is 28.1. The lowest BCUT2D eigenvalue weighted by Gasteiger charge is -2.36. The van der Waals surface area contributed by atoms with E-state index in [1.807, 2.05) is 62.4 Å². The van der Waals surface area contributed by atoms with E-state index in [9.17, 15) is 19.8 Å². The van der Waals surface area contributed by atoms with E-state index in [-0.39, 0.29) is 29.9 Å². The number of phenolic OH excluding ortho intramolecular Hbond substituents is 2. The molecule has 0 atom stereocenters. The summed E-state index contributed by atoms with van der Waals surface area (Å²) in [6, 6.07) is 32.5. The Kier molecular flexibility index (Phi) is 11.1. The number of nitrogens with one attached hydrogen (secondary N) is 1. The Balaban J connectivity index is 0.000000182. The predicted octanol–water partition coefficient (Wildman–Crippen LogP) is 10.4. The van der Waals surface area contributed by atoms with Crippen LogP contribution in [0.25, 0.3) is 33.4 Å². The van der Waals surface area contributed by atoms with Gasteiger partial charge >= 0.3 is 11.9 Å². The molecule has 1 spiro atoms. The van der Waals surface area contributed by atoms with Crippen molar-refractivity contribution in [3.8, 4) is 45.4 Å². The Morgan fingerprint density at radius 3 is 2.08 bits per heavy atom. The molecule has 1 aliphatic carbocycles. The van der Waals surface area contributed by atoms with Crippen molar-refractivity contribution in [3.05, 3.63) is 153 Å². The average molecular weight is 811 g/mol. The summed E-state index contributed by atoms with van der Waals surface area (Å²) in [4.78, 5) is 30.0. The van der Waals surface area contributed by atoms with Gasteiger partial charge in [-0.2, -0.15) is 0 Å². The van der Waals surface area contributed by atoms with Crippen LogP contribution in [0.15, 0.2) is 119 Å². The molecule has 5 aromatic rings. The lowest BCUT2D eigenvalue weighted by Crippen LogP contribution is -2.32. The highest BCUT2D eigenvalue weighted by Crippen LogP contribution is 2.57. The second-order valence-corrected chi connectivity index (χ2v) is 14.1. The Morgan fingerprint density at radius 1 is 0.763 bits per heavy atom. The van der Waals surface area contributed by atoms with Crippen LogP contribution in [0, 0.1) is 13.8 Å². The third-order valence-corrected chi connectivity index (χ3v) is 10.5. The third-order valence-electron chi connectivity index (χ3n) is 10.5. The van der Waals surface area contributed by atoms with Gasteiger partial charge in [0.05, 0.1) is 23.1 Å². The summed E-state index contributed by atoms with van der Waals surface area (Å²) in [5.74, 6) is 0.816. The number of phenols is 2. The lowest BCUT2D eigenvalue weighted by atomic mass is 9.77. The molecule has 5 aromatic carbocycles. The highest BCUT2D eigenvalue weighted by Gasteiger charge is 2.53. The molecule has 3 N–H and O–H groups in total. The van der Waals surface area contributed by atoms with Crippen LogP contribution in [0.2, 0.25) is 0 Å². The number of carbonyl (C=O) groups is 2. The van der Waals surface area contributed by atoms with Gasteiger partial charge in [0, 0.05) is 76.2 Å². The SMILES string of the molecule is CC/N=c1/cc2oc3cc(NCC)c(C)cc3c(-c3ccccc3C(=O)OCC)c-2cc1C.Cl.O=C1OC2(c3ccc(O)cc3Oc3cc(O)ccc32)c2ccccc21. The maximum absolute atomic E-state index is 12.9. The van der Waals surface area contributed by atoms with Crippen molar-refractivity contribution in [1.82, 2.24) is 0 Å². The van der Waals surface area contributed by atoms with Gasteiger partial charge in [-0.25, -0.2) is 9.59 Å². The van der Waals surface area contributed by atoms with E-state index >= 15 is 0 Å². The summed E-state index contributed by atoms with van der Waals surface area (Å²) in [7, 11) is 0. The van der Waals surface area contributed by atoms with Crippen molar-refractivity contribution in [2.45, 2.75) is 40.2 Å². The van der Waals surface area contributed by atoms with E-state index in [0.29, 0.717) is 52.5 Å². The van der Waals surface area contributed by atoms with Crippen molar-refractivity contribution < 1.29 is 38.4 Å². The van der Waals surface area contributed by atoms with Gasteiger partial charge in [-0.15, -0.1) is 12.4 Å². The van der Waals surface area contributed by atoms with Crippen molar-refractivity contribution in [3.63, 3.8) is 0 Å². The standard InChI is InChI=1S/C28H30N2O3.C20H12O5.ClH/c1-6-29-23-15-25-21(13-17(23)4)27(19-11-9-10-12-20(19)28(31)32-8-3)22-14-18(5)24(30-7-2)16-26(22)33-25;21-11-5-7-15-17(9-11)24-18-10-12(22)6-8-16(18)20(15)14-4-2-1-3-13(14)19(23)25-20;/h9-16,29H,6-8H2,1-5H3;1-10,21-22H;1H/b30-24-;;. The average Bonchev–Trinajstić information content (AvgIpc) is 3.50. The first-order valence-corrected chi connectivity index (χ1v) is 19.3. The van der Waals surface area contributed by atoms with Crippen LogP contribution in [0.1, 0.15) is 69.3 Å². The van der Waals surface area contributed by atoms with Crippen LogP contribution in [-0.4, -0.2) is 41.8 Å². The number of hydrogen-bond donors (Lipinski definition) is 3. The predicted molar refractivity (Wildman–Crippen MR) is 229 cm³/mol. The molecule has 9 rings (SSSR count). The van der Waals surface area contributed by atoms with Crippen molar-refractivity contribution >= 4 is 41.0 Å². The molecule has 0 fully saturated rings. The molecule has 4 aliphatic rings. The minimum absolute atomic E-state index is 0. The first-order valence-electron chi connectivity index (χ1n) is 19.3. The molecule has 3 heterocycles. The smallest absolute Gasteiger partial charge is 0.340 e. The number of rotatable bonds is 6. The van der Waals surface area contributed by atoms with Gasteiger partial charge in [-0.3, -0.25) is 4.99 Å². The Bertz CT molecular complexity index is 2760. The van der Waals surface area contributed by atoms with E-state index in [0.717, 1.165) is 62.1 Å². The number of fused-ring (bicyclic) bond motifs is 8. The molecule has 0 saturated heterocycles. The molecular weight excluding hydrogens is 768 g/mol. The summed E-state index contributed by atoms with van der Waals surface area (Å²) in [5.41, 5.74) is 8.53. The lowest BCUT2D eigenvalue weighted by molar-refractivity contribution is 0.0224. The molecule has 0 saturated carbocycles. The fourth-order valence-corrected chi connectivity index (χ4v) is 7.94. The van der Waals surface area contributed by atoms with Gasteiger partial charge in [0.2, 0.25) is 0 Å². The number of halogens is 1. The van der Waals surface area contributed by atoms with Crippen LogP contribution in [0.3, 0.4) is 0 Å². The Hall–Kier alpha value is -6.78. The quantitative estimate of drug-likeness (QED) is 0.111. The number of esters is 2. The van der Waals surface area contributed by atoms with Gasteiger partial charge in [0.15, 0.2) is 5.60 Å². The molecule has 10 nitrogen and oxygen atoms in total. The number of aromatic hydroxyl groups is 2. The van der Waals surface area contributed by atoms with E-state index in [2.05, 4.69) is 43.2 Å². The zero-order valence-electron chi connectivity index (χ0n) is 33.2. The van der Waals surface area contributed by atoms with Crippen LogP contribution in [-0.2, 0) is 15.1 Å². The van der Waals surface area contributed by atoms with Gasteiger partial charge < -0.3 is 34.2 Å². The van der Waals surface area contributed by atoms with Crippen molar-refractivity contribution in [1.29, 1.82) is 0 Å². The number of nitrogens with zero attached hydrogens (tertiary/aromatic N) is 1. The molecule has 0 bridgehead atoms. The molecule has 0 radical (unpaired) electrons. The zero-order chi connectivity index (χ0) is 40.7. The molecule has 0 unspecified atom stereocenters. The fraction of sp³-hybridized carbons (Fsp3) is 0.188. The van der Waals surface area contributed by atoms with E-state index in [1.165, 1.54) is 24.3 Å². The number of benzene rings is 6. The Labute approximate surface area is 347 Å². The van der Waals surface area contributed by atoms with Crippen LogP contribution in [0.5, 0.6) is 23.0 Å². The largest absolute Gasteiger partial charge is 0.508 e. The summed E-state index contributed by atoms with van der Waals surface area (Å²) >= 11 is 0. The zero-order valence-corrected chi connectivity index (χ0v) is 34.0.